The summed E-state index contributed by atoms with van der Waals surface area (Å²) >= 11 is 0. The van der Waals surface area contributed by atoms with Gasteiger partial charge in [0.2, 0.25) is 0 Å². The van der Waals surface area contributed by atoms with Gasteiger partial charge in [-0.25, -0.2) is 0 Å². The summed E-state index contributed by atoms with van der Waals surface area (Å²) in [4.78, 5) is 26.2. The molecular formula is C22H20F3NO4. The summed E-state index contributed by atoms with van der Waals surface area (Å²) in [5.41, 5.74) is -0.0408. The van der Waals surface area contributed by atoms with Gasteiger partial charge in [0, 0.05) is 11.3 Å². The van der Waals surface area contributed by atoms with Crippen LogP contribution in [0.5, 0.6) is 0 Å². The third kappa shape index (κ3) is 3.45. The molecule has 0 unspecified atom stereocenters. The van der Waals surface area contributed by atoms with Crippen LogP contribution in [0.2, 0.25) is 0 Å². The Balaban J connectivity index is 1.65. The largest absolute Gasteiger partial charge is 0.466 e. The lowest BCUT2D eigenvalue weighted by Gasteiger charge is -2.41. The van der Waals surface area contributed by atoms with E-state index in [-0.39, 0.29) is 36.7 Å². The number of esters is 1. The molecule has 30 heavy (non-hydrogen) atoms. The Morgan fingerprint density at radius 1 is 1.20 bits per heavy atom. The zero-order chi connectivity index (χ0) is 21.5. The zero-order valence-electron chi connectivity index (χ0n) is 16.3. The maximum Gasteiger partial charge on any atom is 0.416 e. The van der Waals surface area contributed by atoms with Crippen molar-refractivity contribution in [3.63, 3.8) is 0 Å². The topological polar surface area (TPSA) is 55.8 Å². The van der Waals surface area contributed by atoms with Gasteiger partial charge < -0.3 is 14.4 Å². The molecule has 0 atom stereocenters. The highest BCUT2D eigenvalue weighted by molar-refractivity contribution is 6.10. The van der Waals surface area contributed by atoms with Gasteiger partial charge in [0.1, 0.15) is 0 Å². The molecule has 2 aromatic carbocycles. The summed E-state index contributed by atoms with van der Waals surface area (Å²) in [6.07, 6.45) is -4.40. The van der Waals surface area contributed by atoms with E-state index in [9.17, 15) is 22.8 Å². The van der Waals surface area contributed by atoms with Crippen LogP contribution in [0, 0.1) is 0 Å². The molecule has 2 aliphatic heterocycles. The lowest BCUT2D eigenvalue weighted by Crippen LogP contribution is -2.48. The van der Waals surface area contributed by atoms with Crippen molar-refractivity contribution in [1.29, 1.82) is 0 Å². The molecule has 0 spiro atoms. The number of alkyl halides is 3. The Morgan fingerprint density at radius 3 is 2.57 bits per heavy atom. The summed E-state index contributed by atoms with van der Waals surface area (Å²) in [6.45, 7) is 2.52. The summed E-state index contributed by atoms with van der Waals surface area (Å²) in [5, 5.41) is 0. The minimum absolute atomic E-state index is 0.0198. The van der Waals surface area contributed by atoms with Crippen LogP contribution in [0.3, 0.4) is 0 Å². The van der Waals surface area contributed by atoms with Crippen LogP contribution < -0.4 is 4.90 Å². The van der Waals surface area contributed by atoms with E-state index in [1.54, 1.807) is 25.1 Å². The first kappa shape index (κ1) is 20.4. The highest BCUT2D eigenvalue weighted by Gasteiger charge is 2.44. The highest BCUT2D eigenvalue weighted by Crippen LogP contribution is 2.41. The number of halogens is 3. The lowest BCUT2D eigenvalue weighted by atomic mass is 9.75. The Bertz CT molecular complexity index is 998. The molecule has 158 valence electrons. The second kappa shape index (κ2) is 7.43. The smallest absolute Gasteiger partial charge is 0.416 e. The second-order valence-corrected chi connectivity index (χ2v) is 7.53. The Kier molecular flexibility index (Phi) is 5.05. The van der Waals surface area contributed by atoms with E-state index in [1.165, 1.54) is 17.0 Å². The third-order valence-corrected chi connectivity index (χ3v) is 5.59. The number of carbonyl (C=O) groups is 2. The van der Waals surface area contributed by atoms with Gasteiger partial charge >= 0.3 is 12.1 Å². The lowest BCUT2D eigenvalue weighted by molar-refractivity contribution is -0.151. The molecule has 1 saturated heterocycles. The molecule has 0 aliphatic carbocycles. The zero-order valence-corrected chi connectivity index (χ0v) is 16.3. The number of fused-ring (bicyclic) bond motifs is 1. The van der Waals surface area contributed by atoms with Gasteiger partial charge in [-0.3, -0.25) is 9.59 Å². The molecular weight excluding hydrogens is 399 g/mol. The minimum Gasteiger partial charge on any atom is -0.466 e. The predicted octanol–water partition coefficient (Wildman–Crippen LogP) is 4.09. The molecule has 0 bridgehead atoms. The molecule has 2 aliphatic rings. The van der Waals surface area contributed by atoms with Gasteiger partial charge in [-0.2, -0.15) is 13.2 Å². The number of rotatable bonds is 5. The molecule has 2 heterocycles. The van der Waals surface area contributed by atoms with Crippen molar-refractivity contribution in [2.24, 2.45) is 0 Å². The van der Waals surface area contributed by atoms with Crippen molar-refractivity contribution >= 4 is 17.6 Å². The number of anilines is 1. The van der Waals surface area contributed by atoms with E-state index in [0.29, 0.717) is 18.9 Å². The second-order valence-electron chi connectivity index (χ2n) is 7.53. The number of ether oxygens (including phenoxy) is 2. The summed E-state index contributed by atoms with van der Waals surface area (Å²) in [6, 6.07) is 10.7. The average molecular weight is 419 g/mol. The molecule has 1 amide bonds. The maximum atomic E-state index is 13.4. The van der Waals surface area contributed by atoms with E-state index in [2.05, 4.69) is 0 Å². The Hall–Kier alpha value is -2.87. The van der Waals surface area contributed by atoms with E-state index in [4.69, 9.17) is 9.47 Å². The number of hydrogen-bond donors (Lipinski definition) is 0. The fourth-order valence-electron chi connectivity index (χ4n) is 4.02. The molecule has 0 radical (unpaired) electrons. The van der Waals surface area contributed by atoms with E-state index in [0.717, 1.165) is 11.6 Å². The van der Waals surface area contributed by atoms with Gasteiger partial charge in [0.15, 0.2) is 0 Å². The molecule has 2 aromatic rings. The van der Waals surface area contributed by atoms with Gasteiger partial charge in [0.05, 0.1) is 43.8 Å². The van der Waals surface area contributed by atoms with Crippen LogP contribution in [0.1, 0.15) is 40.4 Å². The van der Waals surface area contributed by atoms with Gasteiger partial charge in [-0.15, -0.1) is 0 Å². The van der Waals surface area contributed by atoms with E-state index in [1.807, 2.05) is 6.07 Å². The predicted molar refractivity (Wildman–Crippen MR) is 102 cm³/mol. The molecule has 8 heteroatoms. The van der Waals surface area contributed by atoms with Crippen molar-refractivity contribution in [1.82, 2.24) is 0 Å². The quantitative estimate of drug-likeness (QED) is 0.686. The maximum absolute atomic E-state index is 13.4. The number of carbonyl (C=O) groups excluding carboxylic acids is 2. The highest BCUT2D eigenvalue weighted by atomic mass is 19.4. The molecule has 0 saturated carbocycles. The summed E-state index contributed by atoms with van der Waals surface area (Å²) in [7, 11) is 0. The molecule has 4 rings (SSSR count). The first-order chi connectivity index (χ1) is 14.2. The number of benzene rings is 2. The van der Waals surface area contributed by atoms with Crippen molar-refractivity contribution in [3.8, 4) is 0 Å². The van der Waals surface area contributed by atoms with Crippen LogP contribution in [0.4, 0.5) is 18.9 Å². The fraction of sp³-hybridized carbons (Fsp3) is 0.364. The summed E-state index contributed by atoms with van der Waals surface area (Å²) in [5.74, 6) is -0.816. The van der Waals surface area contributed by atoms with Crippen molar-refractivity contribution in [2.75, 3.05) is 24.7 Å². The SMILES string of the molecule is CCOC(=O)CC1(c2cccc(N3Cc4c(cccc4C(F)(F)F)C3=O)c2)COC1. The molecule has 5 nitrogen and oxygen atoms in total. The van der Waals surface area contributed by atoms with Crippen molar-refractivity contribution in [3.05, 3.63) is 64.7 Å². The van der Waals surface area contributed by atoms with Gasteiger partial charge in [-0.1, -0.05) is 18.2 Å². The van der Waals surface area contributed by atoms with Gasteiger partial charge in [-0.05, 0) is 42.3 Å². The van der Waals surface area contributed by atoms with Crippen molar-refractivity contribution < 1.29 is 32.2 Å². The van der Waals surface area contributed by atoms with Crippen LogP contribution in [0.15, 0.2) is 42.5 Å². The monoisotopic (exact) mass is 419 g/mol. The molecule has 0 aromatic heterocycles. The summed E-state index contributed by atoms with van der Waals surface area (Å²) < 4.78 is 50.5. The van der Waals surface area contributed by atoms with E-state index >= 15 is 0 Å². The minimum atomic E-state index is -4.53. The molecule has 0 N–H and O–H groups in total. The van der Waals surface area contributed by atoms with Crippen LogP contribution in [0.25, 0.3) is 0 Å². The third-order valence-electron chi connectivity index (χ3n) is 5.59. The Morgan fingerprint density at radius 2 is 1.93 bits per heavy atom. The number of amides is 1. The van der Waals surface area contributed by atoms with Gasteiger partial charge in [0.25, 0.3) is 5.91 Å². The fourth-order valence-corrected chi connectivity index (χ4v) is 4.02. The standard InChI is InChI=1S/C22H20F3NO4/c1-2-30-19(27)10-21(12-29-13-21)14-5-3-6-15(9-14)26-11-17-16(20(26)28)7-4-8-18(17)22(23,24)25/h3-9H,2,10-13H2,1H3. The number of hydrogen-bond acceptors (Lipinski definition) is 4. The normalized spacial score (nSPS) is 17.5. The van der Waals surface area contributed by atoms with Crippen LogP contribution >= 0.6 is 0 Å². The first-order valence-electron chi connectivity index (χ1n) is 9.60. The van der Waals surface area contributed by atoms with Crippen LogP contribution in [-0.4, -0.2) is 31.7 Å². The first-order valence-corrected chi connectivity index (χ1v) is 9.60. The average Bonchev–Trinajstić information content (AvgIpc) is 3.01. The molecule has 1 fully saturated rings. The Labute approximate surface area is 171 Å². The van der Waals surface area contributed by atoms with E-state index < -0.39 is 23.1 Å². The van der Waals surface area contributed by atoms with Crippen LogP contribution in [-0.2, 0) is 32.4 Å². The number of nitrogens with zero attached hydrogens (tertiary/aromatic N) is 1. The van der Waals surface area contributed by atoms with Crippen molar-refractivity contribution in [2.45, 2.75) is 31.5 Å².